The second kappa shape index (κ2) is 3.53. The highest BCUT2D eigenvalue weighted by atomic mass is 35.5. The molecule has 1 aliphatic carbocycles. The molecule has 1 heterocycles. The van der Waals surface area contributed by atoms with Crippen molar-refractivity contribution in [2.75, 3.05) is 13.2 Å². The molecule has 1 aromatic carbocycles. The first kappa shape index (κ1) is 10.7. The molecule has 1 aliphatic heterocycles. The Morgan fingerprint density at radius 1 is 1.29 bits per heavy atom. The summed E-state index contributed by atoms with van der Waals surface area (Å²) < 4.78 is 10.8. The van der Waals surface area contributed by atoms with Crippen LogP contribution in [0.5, 0.6) is 11.5 Å². The topological polar surface area (TPSA) is 55.8 Å². The van der Waals surface area contributed by atoms with Crippen molar-refractivity contribution in [3.05, 3.63) is 22.7 Å². The molecule has 17 heavy (non-hydrogen) atoms. The Morgan fingerprint density at radius 3 is 2.65 bits per heavy atom. The molecule has 0 amide bonds. The van der Waals surface area contributed by atoms with Gasteiger partial charge in [0, 0.05) is 0 Å². The van der Waals surface area contributed by atoms with E-state index in [0.717, 1.165) is 0 Å². The Labute approximate surface area is 103 Å². The predicted molar refractivity (Wildman–Crippen MR) is 61.0 cm³/mol. The van der Waals surface area contributed by atoms with E-state index in [4.69, 9.17) is 21.1 Å². The van der Waals surface area contributed by atoms with E-state index in [9.17, 15) is 9.90 Å². The van der Waals surface area contributed by atoms with E-state index >= 15 is 0 Å². The third-order valence-electron chi connectivity index (χ3n) is 3.31. The van der Waals surface area contributed by atoms with Gasteiger partial charge in [-0.3, -0.25) is 4.79 Å². The molecular weight excluding hydrogens is 244 g/mol. The van der Waals surface area contributed by atoms with Gasteiger partial charge in [0.15, 0.2) is 11.5 Å². The average molecular weight is 255 g/mol. The minimum atomic E-state index is -0.801. The van der Waals surface area contributed by atoms with Crippen LogP contribution in [0.4, 0.5) is 0 Å². The smallest absolute Gasteiger partial charge is 0.314 e. The van der Waals surface area contributed by atoms with E-state index in [1.54, 1.807) is 12.1 Å². The normalized spacial score (nSPS) is 19.8. The van der Waals surface area contributed by atoms with Crippen molar-refractivity contribution in [1.82, 2.24) is 0 Å². The third kappa shape index (κ3) is 1.55. The number of hydrogen-bond acceptors (Lipinski definition) is 3. The maximum absolute atomic E-state index is 11.2. The number of aliphatic carboxylic acids is 1. The maximum Gasteiger partial charge on any atom is 0.314 e. The van der Waals surface area contributed by atoms with Crippen LogP contribution in [0, 0.1) is 0 Å². The molecule has 0 bridgehead atoms. The van der Waals surface area contributed by atoms with Crippen LogP contribution in [0.3, 0.4) is 0 Å². The number of benzene rings is 1. The number of hydrogen-bond donors (Lipinski definition) is 1. The van der Waals surface area contributed by atoms with E-state index in [1.807, 2.05) is 0 Å². The molecule has 1 saturated carbocycles. The Kier molecular flexibility index (Phi) is 2.23. The van der Waals surface area contributed by atoms with Crippen LogP contribution in [0.25, 0.3) is 0 Å². The fourth-order valence-corrected chi connectivity index (χ4v) is 2.40. The number of halogens is 1. The van der Waals surface area contributed by atoms with Crippen LogP contribution in [0.15, 0.2) is 12.1 Å². The second-order valence-corrected chi connectivity index (χ2v) is 4.78. The number of carbonyl (C=O) groups is 1. The van der Waals surface area contributed by atoms with Crippen molar-refractivity contribution in [3.63, 3.8) is 0 Å². The Bertz CT molecular complexity index is 494. The Hall–Kier alpha value is -1.42. The van der Waals surface area contributed by atoms with E-state index in [0.29, 0.717) is 48.1 Å². The van der Waals surface area contributed by atoms with Crippen LogP contribution in [0.1, 0.15) is 18.4 Å². The lowest BCUT2D eigenvalue weighted by Gasteiger charge is -2.21. The lowest BCUT2D eigenvalue weighted by Crippen LogP contribution is -2.21. The molecule has 0 saturated heterocycles. The van der Waals surface area contributed by atoms with Crippen LogP contribution < -0.4 is 9.47 Å². The summed E-state index contributed by atoms with van der Waals surface area (Å²) in [7, 11) is 0. The van der Waals surface area contributed by atoms with Gasteiger partial charge in [-0.05, 0) is 30.5 Å². The quantitative estimate of drug-likeness (QED) is 0.879. The molecule has 0 spiro atoms. The summed E-state index contributed by atoms with van der Waals surface area (Å²) in [6.45, 7) is 0.934. The molecule has 1 N–H and O–H groups in total. The maximum atomic E-state index is 11.2. The first-order valence-electron chi connectivity index (χ1n) is 5.46. The Morgan fingerprint density at radius 2 is 2.00 bits per heavy atom. The minimum Gasteiger partial charge on any atom is -0.486 e. The summed E-state index contributed by atoms with van der Waals surface area (Å²) in [5.41, 5.74) is -0.0568. The summed E-state index contributed by atoms with van der Waals surface area (Å²) in [6, 6.07) is 3.41. The largest absolute Gasteiger partial charge is 0.486 e. The minimum absolute atomic E-state index is 0.421. The molecular formula is C12H11ClO4. The SMILES string of the molecule is O=C(O)C1(c2cc(Cl)c3c(c2)OCCO3)CC1. The molecule has 1 fully saturated rings. The number of carboxylic acids is 1. The molecule has 0 unspecified atom stereocenters. The van der Waals surface area contributed by atoms with Gasteiger partial charge in [-0.1, -0.05) is 11.6 Å². The van der Waals surface area contributed by atoms with Gasteiger partial charge in [-0.25, -0.2) is 0 Å². The van der Waals surface area contributed by atoms with Crippen LogP contribution >= 0.6 is 11.6 Å². The van der Waals surface area contributed by atoms with Gasteiger partial charge in [0.25, 0.3) is 0 Å². The van der Waals surface area contributed by atoms with Gasteiger partial charge in [-0.2, -0.15) is 0 Å². The number of rotatable bonds is 2. The van der Waals surface area contributed by atoms with Crippen LogP contribution in [-0.2, 0) is 10.2 Å². The van der Waals surface area contributed by atoms with Crippen molar-refractivity contribution in [2.24, 2.45) is 0 Å². The average Bonchev–Trinajstić information content (AvgIpc) is 3.10. The molecule has 0 radical (unpaired) electrons. The van der Waals surface area contributed by atoms with Crippen LogP contribution in [-0.4, -0.2) is 24.3 Å². The second-order valence-electron chi connectivity index (χ2n) is 4.37. The van der Waals surface area contributed by atoms with Gasteiger partial charge in [-0.15, -0.1) is 0 Å². The molecule has 0 atom stereocenters. The fraction of sp³-hybridized carbons (Fsp3) is 0.417. The van der Waals surface area contributed by atoms with Crippen molar-refractivity contribution < 1.29 is 19.4 Å². The van der Waals surface area contributed by atoms with E-state index in [2.05, 4.69) is 0 Å². The molecule has 2 aliphatic rings. The molecule has 4 nitrogen and oxygen atoms in total. The summed E-state index contributed by atoms with van der Waals surface area (Å²) in [5, 5.41) is 9.66. The lowest BCUT2D eigenvalue weighted by atomic mass is 9.95. The van der Waals surface area contributed by atoms with Gasteiger partial charge in [0.2, 0.25) is 0 Å². The van der Waals surface area contributed by atoms with Crippen molar-refractivity contribution >= 4 is 17.6 Å². The highest BCUT2D eigenvalue weighted by Gasteiger charge is 2.52. The van der Waals surface area contributed by atoms with Gasteiger partial charge in [0.05, 0.1) is 10.4 Å². The van der Waals surface area contributed by atoms with E-state index in [1.165, 1.54) is 0 Å². The first-order valence-corrected chi connectivity index (χ1v) is 5.84. The zero-order chi connectivity index (χ0) is 12.0. The molecule has 3 rings (SSSR count). The third-order valence-corrected chi connectivity index (χ3v) is 3.59. The fourth-order valence-electron chi connectivity index (χ4n) is 2.14. The standard InChI is InChI=1S/C12H11ClO4/c13-8-5-7(12(1-2-12)11(14)15)6-9-10(8)17-4-3-16-9/h5-6H,1-4H2,(H,14,15). The van der Waals surface area contributed by atoms with Gasteiger partial charge < -0.3 is 14.6 Å². The van der Waals surface area contributed by atoms with E-state index < -0.39 is 11.4 Å². The molecule has 1 aromatic rings. The number of fused-ring (bicyclic) bond motifs is 1. The van der Waals surface area contributed by atoms with Gasteiger partial charge in [0.1, 0.15) is 13.2 Å². The predicted octanol–water partition coefficient (Wildman–Crippen LogP) is 2.23. The summed E-state index contributed by atoms with van der Waals surface area (Å²) in [5.74, 6) is 0.263. The van der Waals surface area contributed by atoms with Crippen molar-refractivity contribution in [3.8, 4) is 11.5 Å². The summed E-state index contributed by atoms with van der Waals surface area (Å²) in [6.07, 6.45) is 1.30. The highest BCUT2D eigenvalue weighted by molar-refractivity contribution is 6.32. The van der Waals surface area contributed by atoms with Crippen molar-refractivity contribution in [1.29, 1.82) is 0 Å². The summed E-state index contributed by atoms with van der Waals surface area (Å²) in [4.78, 5) is 11.2. The van der Waals surface area contributed by atoms with Crippen molar-refractivity contribution in [2.45, 2.75) is 18.3 Å². The molecule has 5 heteroatoms. The molecule has 90 valence electrons. The van der Waals surface area contributed by atoms with Crippen LogP contribution in [0.2, 0.25) is 5.02 Å². The van der Waals surface area contributed by atoms with E-state index in [-0.39, 0.29) is 0 Å². The Balaban J connectivity index is 2.08. The highest BCUT2D eigenvalue weighted by Crippen LogP contribution is 2.51. The number of carboxylic acid groups (broad SMARTS) is 1. The number of ether oxygens (including phenoxy) is 2. The lowest BCUT2D eigenvalue weighted by molar-refractivity contribution is -0.140. The monoisotopic (exact) mass is 254 g/mol. The first-order chi connectivity index (χ1) is 8.13. The van der Waals surface area contributed by atoms with Gasteiger partial charge >= 0.3 is 5.97 Å². The molecule has 0 aromatic heterocycles. The zero-order valence-corrected chi connectivity index (χ0v) is 9.79. The summed E-state index contributed by atoms with van der Waals surface area (Å²) >= 11 is 6.09. The zero-order valence-electron chi connectivity index (χ0n) is 9.03.